The first kappa shape index (κ1) is 12.3. The van der Waals surface area contributed by atoms with Gasteiger partial charge in [-0.1, -0.05) is 24.3 Å². The van der Waals surface area contributed by atoms with Crippen LogP contribution in [-0.4, -0.2) is 5.11 Å². The highest BCUT2D eigenvalue weighted by atomic mass is 19.1. The Morgan fingerprint density at radius 3 is 2.33 bits per heavy atom. The number of benzene rings is 2. The minimum absolute atomic E-state index is 0.399. The zero-order valence-corrected chi connectivity index (χ0v) is 9.89. The molecule has 0 aliphatic heterocycles. The molecule has 2 aromatic rings. The molecule has 2 aromatic carbocycles. The lowest BCUT2D eigenvalue weighted by Crippen LogP contribution is -2.23. The molecule has 3 heteroatoms. The van der Waals surface area contributed by atoms with Crippen molar-refractivity contribution in [3.05, 3.63) is 71.0 Å². The summed E-state index contributed by atoms with van der Waals surface area (Å²) >= 11 is 0. The molecule has 1 atom stereocenters. The van der Waals surface area contributed by atoms with Crippen molar-refractivity contribution in [2.24, 2.45) is 0 Å². The van der Waals surface area contributed by atoms with Crippen LogP contribution in [0.2, 0.25) is 0 Å². The Morgan fingerprint density at radius 1 is 1.11 bits per heavy atom. The van der Waals surface area contributed by atoms with Crippen molar-refractivity contribution >= 4 is 0 Å². The monoisotopic (exact) mass is 241 g/mol. The van der Waals surface area contributed by atoms with E-state index in [1.165, 1.54) is 12.1 Å². The Balaban J connectivity index is 2.50. The Kier molecular flexibility index (Phi) is 3.14. The fraction of sp³-hybridized carbons (Fsp3) is 0.133. The van der Waals surface area contributed by atoms with E-state index >= 15 is 0 Å². The summed E-state index contributed by atoms with van der Waals surface area (Å²) in [5, 5.41) is 19.4. The number of halogens is 1. The highest BCUT2D eigenvalue weighted by Gasteiger charge is 2.26. The van der Waals surface area contributed by atoms with E-state index in [1.54, 1.807) is 43.3 Å². The molecule has 0 aromatic heterocycles. The van der Waals surface area contributed by atoms with Gasteiger partial charge in [0.05, 0.1) is 11.6 Å². The van der Waals surface area contributed by atoms with E-state index in [4.69, 9.17) is 5.26 Å². The summed E-state index contributed by atoms with van der Waals surface area (Å²) in [6, 6.07) is 14.5. The summed E-state index contributed by atoms with van der Waals surface area (Å²) < 4.78 is 13.2. The maximum atomic E-state index is 13.2. The van der Waals surface area contributed by atoms with Crippen molar-refractivity contribution in [1.29, 1.82) is 5.26 Å². The largest absolute Gasteiger partial charge is 0.381 e. The highest BCUT2D eigenvalue weighted by molar-refractivity contribution is 5.40. The quantitative estimate of drug-likeness (QED) is 0.878. The van der Waals surface area contributed by atoms with Crippen LogP contribution in [0.3, 0.4) is 0 Å². The Bertz CT molecular complexity index is 614. The lowest BCUT2D eigenvalue weighted by molar-refractivity contribution is 0.102. The average molecular weight is 241 g/mol. The second kappa shape index (κ2) is 4.59. The third kappa shape index (κ3) is 2.24. The van der Waals surface area contributed by atoms with Gasteiger partial charge in [-0.3, -0.25) is 0 Å². The summed E-state index contributed by atoms with van der Waals surface area (Å²) in [6.45, 7) is 1.58. The molecule has 1 unspecified atom stereocenters. The lowest BCUT2D eigenvalue weighted by Gasteiger charge is -2.24. The van der Waals surface area contributed by atoms with E-state index < -0.39 is 11.4 Å². The third-order valence-electron chi connectivity index (χ3n) is 2.94. The van der Waals surface area contributed by atoms with Crippen LogP contribution in [0.25, 0.3) is 0 Å². The van der Waals surface area contributed by atoms with Crippen LogP contribution in [0.4, 0.5) is 4.39 Å². The molecule has 0 fully saturated rings. The lowest BCUT2D eigenvalue weighted by atomic mass is 9.87. The summed E-state index contributed by atoms with van der Waals surface area (Å²) in [4.78, 5) is 0. The number of nitriles is 1. The standard InChI is InChI=1S/C15H12FNO/c1-15(18,13-6-3-7-14(16)9-13)12-5-2-4-11(8-12)10-17/h2-9,18H,1H3. The van der Waals surface area contributed by atoms with Crippen LogP contribution in [0.15, 0.2) is 48.5 Å². The van der Waals surface area contributed by atoms with Gasteiger partial charge in [0.25, 0.3) is 0 Å². The maximum Gasteiger partial charge on any atom is 0.123 e. The minimum Gasteiger partial charge on any atom is -0.381 e. The Labute approximate surface area is 105 Å². The molecule has 0 heterocycles. The molecule has 0 radical (unpaired) electrons. The molecule has 0 aliphatic rings. The highest BCUT2D eigenvalue weighted by Crippen LogP contribution is 2.29. The number of aliphatic hydroxyl groups is 1. The fourth-order valence-electron chi connectivity index (χ4n) is 1.85. The van der Waals surface area contributed by atoms with Crippen molar-refractivity contribution in [3.63, 3.8) is 0 Å². The first-order valence-electron chi connectivity index (χ1n) is 5.53. The van der Waals surface area contributed by atoms with Crippen LogP contribution < -0.4 is 0 Å². The zero-order chi connectivity index (χ0) is 13.2. The molecule has 1 N–H and O–H groups in total. The molecule has 0 spiro atoms. The molecule has 90 valence electrons. The van der Waals surface area contributed by atoms with Crippen molar-refractivity contribution in [2.45, 2.75) is 12.5 Å². The fourth-order valence-corrected chi connectivity index (χ4v) is 1.85. The SMILES string of the molecule is CC(O)(c1cccc(F)c1)c1cccc(C#N)c1. The first-order valence-corrected chi connectivity index (χ1v) is 5.53. The Morgan fingerprint density at radius 2 is 1.72 bits per heavy atom. The summed E-state index contributed by atoms with van der Waals surface area (Å²) in [5.74, 6) is -0.399. The number of nitrogens with zero attached hydrogens (tertiary/aromatic N) is 1. The molecule has 0 bridgehead atoms. The molecule has 2 rings (SSSR count). The number of rotatable bonds is 2. The van der Waals surface area contributed by atoms with E-state index in [2.05, 4.69) is 0 Å². The smallest absolute Gasteiger partial charge is 0.123 e. The van der Waals surface area contributed by atoms with Crippen molar-refractivity contribution in [2.75, 3.05) is 0 Å². The third-order valence-corrected chi connectivity index (χ3v) is 2.94. The summed E-state index contributed by atoms with van der Waals surface area (Å²) in [6.07, 6.45) is 0. The van der Waals surface area contributed by atoms with E-state index in [-0.39, 0.29) is 0 Å². The minimum atomic E-state index is -1.32. The molecule has 2 nitrogen and oxygen atoms in total. The van der Waals surface area contributed by atoms with Gasteiger partial charge in [-0.2, -0.15) is 5.26 Å². The molecular formula is C15H12FNO. The second-order valence-corrected chi connectivity index (χ2v) is 4.28. The van der Waals surface area contributed by atoms with Gasteiger partial charge in [0, 0.05) is 0 Å². The van der Waals surface area contributed by atoms with Crippen LogP contribution in [-0.2, 0) is 5.60 Å². The normalized spacial score (nSPS) is 13.7. The summed E-state index contributed by atoms with van der Waals surface area (Å²) in [5.41, 5.74) is 0.156. The first-order chi connectivity index (χ1) is 8.54. The predicted octanol–water partition coefficient (Wildman–Crippen LogP) is 2.95. The molecule has 0 saturated heterocycles. The van der Waals surface area contributed by atoms with E-state index in [9.17, 15) is 9.50 Å². The number of hydrogen-bond donors (Lipinski definition) is 1. The van der Waals surface area contributed by atoms with E-state index in [0.717, 1.165) is 0 Å². The van der Waals surface area contributed by atoms with Crippen LogP contribution >= 0.6 is 0 Å². The van der Waals surface area contributed by atoms with E-state index in [1.807, 2.05) is 6.07 Å². The van der Waals surface area contributed by atoms with Crippen molar-refractivity contribution < 1.29 is 9.50 Å². The summed E-state index contributed by atoms with van der Waals surface area (Å²) in [7, 11) is 0. The van der Waals surface area contributed by atoms with Gasteiger partial charge >= 0.3 is 0 Å². The van der Waals surface area contributed by atoms with Gasteiger partial charge in [-0.25, -0.2) is 4.39 Å². The van der Waals surface area contributed by atoms with E-state index in [0.29, 0.717) is 16.7 Å². The van der Waals surface area contributed by atoms with Gasteiger partial charge in [-0.15, -0.1) is 0 Å². The second-order valence-electron chi connectivity index (χ2n) is 4.28. The van der Waals surface area contributed by atoms with Gasteiger partial charge in [0.15, 0.2) is 0 Å². The number of hydrogen-bond acceptors (Lipinski definition) is 2. The van der Waals surface area contributed by atoms with Crippen LogP contribution in [0, 0.1) is 17.1 Å². The van der Waals surface area contributed by atoms with Crippen molar-refractivity contribution in [1.82, 2.24) is 0 Å². The molecule has 18 heavy (non-hydrogen) atoms. The van der Waals surface area contributed by atoms with Crippen LogP contribution in [0.5, 0.6) is 0 Å². The topological polar surface area (TPSA) is 44.0 Å². The predicted molar refractivity (Wildman–Crippen MR) is 66.2 cm³/mol. The molecule has 0 amide bonds. The van der Waals surface area contributed by atoms with Gasteiger partial charge in [-0.05, 0) is 42.3 Å². The van der Waals surface area contributed by atoms with Gasteiger partial charge < -0.3 is 5.11 Å². The van der Waals surface area contributed by atoms with Gasteiger partial charge in [0.1, 0.15) is 11.4 Å². The van der Waals surface area contributed by atoms with Crippen LogP contribution in [0.1, 0.15) is 23.6 Å². The molecule has 0 saturated carbocycles. The Hall–Kier alpha value is -2.18. The van der Waals surface area contributed by atoms with Gasteiger partial charge in [0.2, 0.25) is 0 Å². The average Bonchev–Trinajstić information content (AvgIpc) is 2.39. The molecular weight excluding hydrogens is 229 g/mol. The maximum absolute atomic E-state index is 13.2. The zero-order valence-electron chi connectivity index (χ0n) is 9.89. The molecule has 0 aliphatic carbocycles. The van der Waals surface area contributed by atoms with Crippen molar-refractivity contribution in [3.8, 4) is 6.07 Å².